The van der Waals surface area contributed by atoms with Crippen LogP contribution in [0.25, 0.3) is 11.0 Å². The van der Waals surface area contributed by atoms with Crippen LogP contribution in [0, 0.1) is 6.92 Å². The van der Waals surface area contributed by atoms with E-state index in [2.05, 4.69) is 64.3 Å². The van der Waals surface area contributed by atoms with E-state index in [-0.39, 0.29) is 6.04 Å². The highest BCUT2D eigenvalue weighted by Gasteiger charge is 2.21. The number of nitrogens with one attached hydrogen (secondary N) is 1. The van der Waals surface area contributed by atoms with Crippen LogP contribution in [0.2, 0.25) is 0 Å². The average Bonchev–Trinajstić information content (AvgIpc) is 2.91. The average molecular weight is 345 g/mol. The normalized spacial score (nSPS) is 12.7. The van der Waals surface area contributed by atoms with Crippen molar-refractivity contribution in [1.82, 2.24) is 10.3 Å². The number of halogens is 1. The van der Waals surface area contributed by atoms with Crippen molar-refractivity contribution in [3.05, 3.63) is 64.1 Å². The molecule has 0 aliphatic rings. The van der Waals surface area contributed by atoms with Crippen molar-refractivity contribution in [1.29, 1.82) is 0 Å². The Balaban J connectivity index is 2.11. The number of rotatable bonds is 4. The van der Waals surface area contributed by atoms with Crippen molar-refractivity contribution in [2.24, 2.45) is 0 Å². The van der Waals surface area contributed by atoms with Gasteiger partial charge in [0, 0.05) is 16.1 Å². The molecule has 0 radical (unpaired) electrons. The third-order valence-corrected chi connectivity index (χ3v) is 4.18. The number of furan rings is 1. The fourth-order valence-electron chi connectivity index (χ4n) is 2.52. The quantitative estimate of drug-likeness (QED) is 0.751. The van der Waals surface area contributed by atoms with Gasteiger partial charge in [0.15, 0.2) is 0 Å². The van der Waals surface area contributed by atoms with Crippen LogP contribution in [-0.2, 0) is 0 Å². The number of pyridine rings is 1. The number of hydrogen-bond donors (Lipinski definition) is 1. The molecule has 1 N–H and O–H groups in total. The molecule has 108 valence electrons. The van der Waals surface area contributed by atoms with Crippen LogP contribution in [-0.4, -0.2) is 11.5 Å². The minimum Gasteiger partial charge on any atom is -0.459 e. The Labute approximate surface area is 132 Å². The van der Waals surface area contributed by atoms with Crippen molar-refractivity contribution in [3.63, 3.8) is 0 Å². The zero-order chi connectivity index (χ0) is 14.8. The van der Waals surface area contributed by atoms with Crippen LogP contribution in [0.15, 0.2) is 51.5 Å². The molecule has 0 saturated heterocycles. The van der Waals surface area contributed by atoms with Crippen LogP contribution < -0.4 is 5.32 Å². The molecule has 1 aromatic carbocycles. The van der Waals surface area contributed by atoms with Crippen molar-refractivity contribution < 1.29 is 4.42 Å². The number of aromatic nitrogens is 1. The summed E-state index contributed by atoms with van der Waals surface area (Å²) in [5, 5.41) is 4.58. The molecular weight excluding hydrogens is 328 g/mol. The lowest BCUT2D eigenvalue weighted by Gasteiger charge is -2.16. The Kier molecular flexibility index (Phi) is 4.08. The highest BCUT2D eigenvalue weighted by atomic mass is 79.9. The zero-order valence-electron chi connectivity index (χ0n) is 12.1. The maximum absolute atomic E-state index is 6.10. The monoisotopic (exact) mass is 344 g/mol. The highest BCUT2D eigenvalue weighted by molar-refractivity contribution is 9.10. The molecule has 1 atom stereocenters. The van der Waals surface area contributed by atoms with Crippen LogP contribution >= 0.6 is 15.9 Å². The Bertz CT molecular complexity index is 766. The topological polar surface area (TPSA) is 38.1 Å². The Morgan fingerprint density at radius 2 is 2.14 bits per heavy atom. The summed E-state index contributed by atoms with van der Waals surface area (Å²) < 4.78 is 7.08. The molecule has 3 aromatic rings. The number of benzene rings is 1. The van der Waals surface area contributed by atoms with Gasteiger partial charge in [0.1, 0.15) is 17.4 Å². The fourth-order valence-corrected chi connectivity index (χ4v) is 3.00. The molecule has 0 amide bonds. The Morgan fingerprint density at radius 3 is 2.86 bits per heavy atom. The SMILES string of the molecule is CCNC(c1cc2cccc(C)c2o1)c1ncccc1Br. The van der Waals surface area contributed by atoms with E-state index < -0.39 is 0 Å². The molecule has 0 fully saturated rings. The summed E-state index contributed by atoms with van der Waals surface area (Å²) in [6.07, 6.45) is 1.80. The van der Waals surface area contributed by atoms with Gasteiger partial charge in [0.2, 0.25) is 0 Å². The third kappa shape index (κ3) is 2.74. The largest absolute Gasteiger partial charge is 0.459 e. The second kappa shape index (κ2) is 6.00. The van der Waals surface area contributed by atoms with Crippen LogP contribution in [0.3, 0.4) is 0 Å². The molecular formula is C17H17BrN2O. The summed E-state index contributed by atoms with van der Waals surface area (Å²) in [5.41, 5.74) is 3.03. The number of para-hydroxylation sites is 1. The van der Waals surface area contributed by atoms with E-state index in [4.69, 9.17) is 4.42 Å². The lowest BCUT2D eigenvalue weighted by molar-refractivity contribution is 0.469. The van der Waals surface area contributed by atoms with Gasteiger partial charge in [-0.25, -0.2) is 0 Å². The van der Waals surface area contributed by atoms with E-state index in [9.17, 15) is 0 Å². The first-order valence-electron chi connectivity index (χ1n) is 7.03. The molecule has 21 heavy (non-hydrogen) atoms. The smallest absolute Gasteiger partial charge is 0.137 e. The molecule has 0 bridgehead atoms. The molecule has 2 aromatic heterocycles. The van der Waals surface area contributed by atoms with Gasteiger partial charge < -0.3 is 9.73 Å². The second-order valence-electron chi connectivity index (χ2n) is 5.00. The third-order valence-electron chi connectivity index (χ3n) is 3.51. The van der Waals surface area contributed by atoms with E-state index >= 15 is 0 Å². The number of aryl methyl sites for hydroxylation is 1. The first kappa shape index (κ1) is 14.3. The minimum atomic E-state index is -0.0580. The van der Waals surface area contributed by atoms with Gasteiger partial charge in [-0.1, -0.05) is 25.1 Å². The van der Waals surface area contributed by atoms with E-state index in [0.29, 0.717) is 0 Å². The maximum Gasteiger partial charge on any atom is 0.137 e. The van der Waals surface area contributed by atoms with E-state index in [1.54, 1.807) is 6.20 Å². The van der Waals surface area contributed by atoms with Crippen molar-refractivity contribution >= 4 is 26.9 Å². The number of fused-ring (bicyclic) bond motifs is 1. The zero-order valence-corrected chi connectivity index (χ0v) is 13.6. The summed E-state index contributed by atoms with van der Waals surface area (Å²) in [6, 6.07) is 12.1. The summed E-state index contributed by atoms with van der Waals surface area (Å²) >= 11 is 3.58. The first-order chi connectivity index (χ1) is 10.2. The van der Waals surface area contributed by atoms with Gasteiger partial charge in [-0.2, -0.15) is 0 Å². The summed E-state index contributed by atoms with van der Waals surface area (Å²) in [5.74, 6) is 0.889. The summed E-state index contributed by atoms with van der Waals surface area (Å²) in [7, 11) is 0. The van der Waals surface area contributed by atoms with Crippen molar-refractivity contribution in [3.8, 4) is 0 Å². The van der Waals surface area contributed by atoms with Gasteiger partial charge in [0.25, 0.3) is 0 Å². The van der Waals surface area contributed by atoms with Gasteiger partial charge in [-0.05, 0) is 53.2 Å². The predicted molar refractivity (Wildman–Crippen MR) is 88.4 cm³/mol. The van der Waals surface area contributed by atoms with E-state index in [0.717, 1.165) is 39.0 Å². The minimum absolute atomic E-state index is 0.0580. The first-order valence-corrected chi connectivity index (χ1v) is 7.83. The van der Waals surface area contributed by atoms with Crippen LogP contribution in [0.1, 0.15) is 30.0 Å². The Morgan fingerprint density at radius 1 is 1.29 bits per heavy atom. The number of nitrogens with zero attached hydrogens (tertiary/aromatic N) is 1. The van der Waals surface area contributed by atoms with Crippen molar-refractivity contribution in [2.45, 2.75) is 19.9 Å². The van der Waals surface area contributed by atoms with Gasteiger partial charge >= 0.3 is 0 Å². The molecule has 3 nitrogen and oxygen atoms in total. The Hall–Kier alpha value is -1.65. The van der Waals surface area contributed by atoms with Gasteiger partial charge in [0.05, 0.1) is 5.69 Å². The van der Waals surface area contributed by atoms with Crippen molar-refractivity contribution in [2.75, 3.05) is 6.54 Å². The molecule has 4 heteroatoms. The summed E-state index contributed by atoms with van der Waals surface area (Å²) in [4.78, 5) is 4.50. The molecule has 0 saturated carbocycles. The maximum atomic E-state index is 6.10. The van der Waals surface area contributed by atoms with Crippen LogP contribution in [0.4, 0.5) is 0 Å². The van der Waals surface area contributed by atoms with E-state index in [1.807, 2.05) is 12.1 Å². The fraction of sp³-hybridized carbons (Fsp3) is 0.235. The lowest BCUT2D eigenvalue weighted by Crippen LogP contribution is -2.22. The van der Waals surface area contributed by atoms with Crippen LogP contribution in [0.5, 0.6) is 0 Å². The summed E-state index contributed by atoms with van der Waals surface area (Å²) in [6.45, 7) is 4.98. The molecule has 1 unspecified atom stereocenters. The van der Waals surface area contributed by atoms with Gasteiger partial charge in [-0.15, -0.1) is 0 Å². The number of hydrogen-bond acceptors (Lipinski definition) is 3. The molecule has 0 spiro atoms. The molecule has 0 aliphatic heterocycles. The van der Waals surface area contributed by atoms with Gasteiger partial charge in [-0.3, -0.25) is 4.98 Å². The predicted octanol–water partition coefficient (Wildman–Crippen LogP) is 4.60. The highest BCUT2D eigenvalue weighted by Crippen LogP contribution is 2.31. The molecule has 3 rings (SSSR count). The second-order valence-corrected chi connectivity index (χ2v) is 5.86. The lowest BCUT2D eigenvalue weighted by atomic mass is 10.1. The standard InChI is InChI=1S/C17H17BrN2O/c1-3-19-16(15-13(18)8-5-9-20-15)14-10-12-7-4-6-11(2)17(12)21-14/h4-10,16,19H,3H2,1-2H3. The van der Waals surface area contributed by atoms with E-state index in [1.165, 1.54) is 0 Å². The molecule has 2 heterocycles. The molecule has 0 aliphatic carbocycles.